The molecule has 0 saturated heterocycles. The van der Waals surface area contributed by atoms with Gasteiger partial charge >= 0.3 is 0 Å². The molecule has 2 rings (SSSR count). The molecule has 2 nitrogen and oxygen atoms in total. The summed E-state index contributed by atoms with van der Waals surface area (Å²) < 4.78 is 0. The lowest BCUT2D eigenvalue weighted by atomic mass is 10.1. The molecular weight excluding hydrogens is 160 g/mol. The second kappa shape index (κ2) is 3.09. The molecule has 1 aliphatic heterocycles. The number of anilines is 1. The van der Waals surface area contributed by atoms with E-state index >= 15 is 0 Å². The molecule has 0 fully saturated rings. The summed E-state index contributed by atoms with van der Waals surface area (Å²) in [6.07, 6.45) is 2.99. The van der Waals surface area contributed by atoms with Crippen LogP contribution in [0.3, 0.4) is 0 Å². The SMILES string of the molecule is Cc1nccc2c1CCN2.Cl. The number of hydrogen-bond acceptors (Lipinski definition) is 2. The number of rotatable bonds is 0. The zero-order chi connectivity index (χ0) is 6.97. The number of pyridine rings is 1. The van der Waals surface area contributed by atoms with Crippen LogP contribution in [0.15, 0.2) is 12.3 Å². The van der Waals surface area contributed by atoms with Gasteiger partial charge in [-0.25, -0.2) is 0 Å². The van der Waals surface area contributed by atoms with E-state index in [2.05, 4.69) is 17.2 Å². The first kappa shape index (κ1) is 8.34. The number of nitrogens with one attached hydrogen (secondary N) is 1. The number of aryl methyl sites for hydroxylation is 1. The van der Waals surface area contributed by atoms with Gasteiger partial charge in [-0.3, -0.25) is 4.98 Å². The fourth-order valence-corrected chi connectivity index (χ4v) is 1.40. The molecule has 0 aliphatic carbocycles. The summed E-state index contributed by atoms with van der Waals surface area (Å²) in [5.41, 5.74) is 3.83. The quantitative estimate of drug-likeness (QED) is 0.642. The minimum absolute atomic E-state index is 0. The number of halogens is 1. The van der Waals surface area contributed by atoms with E-state index in [4.69, 9.17) is 0 Å². The molecule has 11 heavy (non-hydrogen) atoms. The Morgan fingerprint density at radius 1 is 1.55 bits per heavy atom. The first-order chi connectivity index (χ1) is 4.88. The van der Waals surface area contributed by atoms with Crippen molar-refractivity contribution in [2.24, 2.45) is 0 Å². The number of fused-ring (bicyclic) bond motifs is 1. The lowest BCUT2D eigenvalue weighted by Crippen LogP contribution is -1.90. The lowest BCUT2D eigenvalue weighted by molar-refractivity contribution is 1.06. The van der Waals surface area contributed by atoms with Crippen molar-refractivity contribution >= 4 is 18.1 Å². The minimum atomic E-state index is 0. The summed E-state index contributed by atoms with van der Waals surface area (Å²) in [6, 6.07) is 2.04. The van der Waals surface area contributed by atoms with Crippen molar-refractivity contribution in [3.63, 3.8) is 0 Å². The molecule has 1 N–H and O–H groups in total. The molecule has 2 heterocycles. The van der Waals surface area contributed by atoms with Gasteiger partial charge in [-0.15, -0.1) is 12.4 Å². The number of hydrogen-bond donors (Lipinski definition) is 1. The van der Waals surface area contributed by atoms with Crippen LogP contribution in [0.4, 0.5) is 5.69 Å². The smallest absolute Gasteiger partial charge is 0.0425 e. The molecule has 0 amide bonds. The highest BCUT2D eigenvalue weighted by atomic mass is 35.5. The normalized spacial score (nSPS) is 13.2. The van der Waals surface area contributed by atoms with E-state index in [0.29, 0.717) is 0 Å². The molecule has 3 heteroatoms. The third-order valence-corrected chi connectivity index (χ3v) is 1.96. The van der Waals surface area contributed by atoms with E-state index in [1.165, 1.54) is 16.9 Å². The van der Waals surface area contributed by atoms with Crippen LogP contribution in [0.2, 0.25) is 0 Å². The second-order valence-electron chi connectivity index (χ2n) is 2.60. The van der Waals surface area contributed by atoms with E-state index in [1.54, 1.807) is 0 Å². The van der Waals surface area contributed by atoms with Crippen molar-refractivity contribution in [1.82, 2.24) is 4.98 Å². The number of aromatic nitrogens is 1. The van der Waals surface area contributed by atoms with Gasteiger partial charge in [0.15, 0.2) is 0 Å². The molecule has 0 unspecified atom stereocenters. The second-order valence-corrected chi connectivity index (χ2v) is 2.60. The van der Waals surface area contributed by atoms with Crippen LogP contribution in [0.1, 0.15) is 11.3 Å². The largest absolute Gasteiger partial charge is 0.384 e. The molecule has 1 aromatic rings. The first-order valence-corrected chi connectivity index (χ1v) is 3.56. The highest BCUT2D eigenvalue weighted by Gasteiger charge is 2.11. The molecule has 0 radical (unpaired) electrons. The molecule has 0 spiro atoms. The van der Waals surface area contributed by atoms with Crippen molar-refractivity contribution in [3.05, 3.63) is 23.5 Å². The Morgan fingerprint density at radius 3 is 3.09 bits per heavy atom. The van der Waals surface area contributed by atoms with Gasteiger partial charge in [-0.1, -0.05) is 0 Å². The first-order valence-electron chi connectivity index (χ1n) is 3.56. The summed E-state index contributed by atoms with van der Waals surface area (Å²) in [6.45, 7) is 3.13. The van der Waals surface area contributed by atoms with E-state index in [-0.39, 0.29) is 12.4 Å². The highest BCUT2D eigenvalue weighted by molar-refractivity contribution is 5.85. The van der Waals surface area contributed by atoms with Crippen molar-refractivity contribution in [3.8, 4) is 0 Å². The third kappa shape index (κ3) is 1.31. The Labute approximate surface area is 72.4 Å². The maximum absolute atomic E-state index is 4.21. The van der Waals surface area contributed by atoms with Crippen LogP contribution < -0.4 is 5.32 Å². The van der Waals surface area contributed by atoms with Crippen LogP contribution >= 0.6 is 12.4 Å². The Morgan fingerprint density at radius 2 is 2.36 bits per heavy atom. The highest BCUT2D eigenvalue weighted by Crippen LogP contribution is 2.22. The summed E-state index contributed by atoms with van der Waals surface area (Å²) in [4.78, 5) is 4.21. The van der Waals surface area contributed by atoms with Crippen LogP contribution in [-0.2, 0) is 6.42 Å². The zero-order valence-electron chi connectivity index (χ0n) is 6.42. The molecule has 0 saturated carbocycles. The Bertz CT molecular complexity index is 260. The lowest BCUT2D eigenvalue weighted by Gasteiger charge is -1.99. The van der Waals surface area contributed by atoms with Gasteiger partial charge < -0.3 is 5.32 Å². The van der Waals surface area contributed by atoms with Crippen LogP contribution in [0.5, 0.6) is 0 Å². The number of nitrogens with zero attached hydrogens (tertiary/aromatic N) is 1. The van der Waals surface area contributed by atoms with Crippen LogP contribution in [-0.4, -0.2) is 11.5 Å². The van der Waals surface area contributed by atoms with Gasteiger partial charge in [-0.2, -0.15) is 0 Å². The van der Waals surface area contributed by atoms with E-state index in [1.807, 2.05) is 12.3 Å². The fourth-order valence-electron chi connectivity index (χ4n) is 1.40. The van der Waals surface area contributed by atoms with Crippen molar-refractivity contribution in [2.45, 2.75) is 13.3 Å². The van der Waals surface area contributed by atoms with Gasteiger partial charge in [0, 0.05) is 24.1 Å². The van der Waals surface area contributed by atoms with Crippen molar-refractivity contribution < 1.29 is 0 Å². The van der Waals surface area contributed by atoms with E-state index in [9.17, 15) is 0 Å². The third-order valence-electron chi connectivity index (χ3n) is 1.96. The monoisotopic (exact) mass is 170 g/mol. The molecule has 0 bridgehead atoms. The molecule has 0 aromatic carbocycles. The minimum Gasteiger partial charge on any atom is -0.384 e. The van der Waals surface area contributed by atoms with Gasteiger partial charge in [0.05, 0.1) is 0 Å². The fraction of sp³-hybridized carbons (Fsp3) is 0.375. The average molecular weight is 171 g/mol. The Balaban J connectivity index is 0.000000605. The standard InChI is InChI=1S/C8H10N2.ClH/c1-6-7-2-4-10-8(7)3-5-9-6;/h3,5,10H,2,4H2,1H3;1H. The molecule has 1 aromatic heterocycles. The van der Waals surface area contributed by atoms with E-state index < -0.39 is 0 Å². The van der Waals surface area contributed by atoms with Crippen molar-refractivity contribution in [2.75, 3.05) is 11.9 Å². The van der Waals surface area contributed by atoms with Crippen LogP contribution in [0, 0.1) is 6.92 Å². The van der Waals surface area contributed by atoms with Crippen LogP contribution in [0.25, 0.3) is 0 Å². The summed E-state index contributed by atoms with van der Waals surface area (Å²) in [5, 5.41) is 3.30. The maximum Gasteiger partial charge on any atom is 0.0425 e. The predicted octanol–water partition coefficient (Wildman–Crippen LogP) is 1.78. The molecular formula is C8H11ClN2. The van der Waals surface area contributed by atoms with Gasteiger partial charge in [0.2, 0.25) is 0 Å². The Hall–Kier alpha value is -0.760. The van der Waals surface area contributed by atoms with Gasteiger partial charge in [0.1, 0.15) is 0 Å². The maximum atomic E-state index is 4.21. The summed E-state index contributed by atoms with van der Waals surface area (Å²) in [5.74, 6) is 0. The molecule has 0 atom stereocenters. The molecule has 60 valence electrons. The Kier molecular flexibility index (Phi) is 2.35. The van der Waals surface area contributed by atoms with E-state index in [0.717, 1.165) is 13.0 Å². The van der Waals surface area contributed by atoms with Gasteiger partial charge in [0.25, 0.3) is 0 Å². The summed E-state index contributed by atoms with van der Waals surface area (Å²) in [7, 11) is 0. The molecule has 1 aliphatic rings. The topological polar surface area (TPSA) is 24.9 Å². The predicted molar refractivity (Wildman–Crippen MR) is 48.4 cm³/mol. The summed E-state index contributed by atoms with van der Waals surface area (Å²) >= 11 is 0. The van der Waals surface area contributed by atoms with Crippen molar-refractivity contribution in [1.29, 1.82) is 0 Å². The zero-order valence-corrected chi connectivity index (χ0v) is 7.24. The van der Waals surface area contributed by atoms with Gasteiger partial charge in [-0.05, 0) is 25.0 Å². The average Bonchev–Trinajstić information content (AvgIpc) is 2.36.